The molecule has 0 spiro atoms. The third-order valence-electron chi connectivity index (χ3n) is 4.47. The predicted molar refractivity (Wildman–Crippen MR) is 126 cm³/mol. The number of benzene rings is 2. The van der Waals surface area contributed by atoms with E-state index in [1.807, 2.05) is 30.3 Å². The molecule has 3 aromatic rings. The average molecular weight is 488 g/mol. The van der Waals surface area contributed by atoms with Crippen LogP contribution in [0.5, 0.6) is 5.75 Å². The molecule has 0 aliphatic heterocycles. The number of rotatable bonds is 9. The molecule has 0 saturated heterocycles. The molecule has 0 unspecified atom stereocenters. The van der Waals surface area contributed by atoms with Gasteiger partial charge in [-0.3, -0.25) is 4.79 Å². The predicted octanol–water partition coefficient (Wildman–Crippen LogP) is 5.26. The summed E-state index contributed by atoms with van der Waals surface area (Å²) in [5.74, 6) is -1.41. The van der Waals surface area contributed by atoms with Crippen molar-refractivity contribution in [3.05, 3.63) is 81.2 Å². The Bertz CT molecular complexity index is 1150. The van der Waals surface area contributed by atoms with E-state index in [4.69, 9.17) is 25.8 Å². The molecule has 3 rings (SSSR count). The molecule has 33 heavy (non-hydrogen) atoms. The van der Waals surface area contributed by atoms with Crippen LogP contribution >= 0.6 is 22.9 Å². The number of hydrogen-bond donors (Lipinski definition) is 1. The summed E-state index contributed by atoms with van der Waals surface area (Å²) in [7, 11) is 0. The van der Waals surface area contributed by atoms with Crippen molar-refractivity contribution in [2.75, 3.05) is 18.5 Å². The van der Waals surface area contributed by atoms with Crippen molar-refractivity contribution in [2.24, 2.45) is 0 Å². The topological polar surface area (TPSA) is 90.9 Å². The fraction of sp³-hybridized carbons (Fsp3) is 0.208. The Labute approximate surface area is 200 Å². The van der Waals surface area contributed by atoms with Crippen molar-refractivity contribution in [3.63, 3.8) is 0 Å². The Morgan fingerprint density at radius 3 is 2.36 bits per heavy atom. The molecule has 1 heterocycles. The van der Waals surface area contributed by atoms with Crippen molar-refractivity contribution in [1.82, 2.24) is 0 Å². The van der Waals surface area contributed by atoms with Gasteiger partial charge in [0.1, 0.15) is 22.2 Å². The van der Waals surface area contributed by atoms with Crippen LogP contribution in [0.4, 0.5) is 5.00 Å². The number of hydrogen-bond acceptors (Lipinski definition) is 7. The van der Waals surface area contributed by atoms with Gasteiger partial charge in [-0.15, -0.1) is 11.3 Å². The summed E-state index contributed by atoms with van der Waals surface area (Å²) in [5, 5.41) is 3.19. The number of carbonyl (C=O) groups excluding carboxylic acids is 3. The van der Waals surface area contributed by atoms with Gasteiger partial charge in [-0.25, -0.2) is 9.59 Å². The number of halogens is 1. The number of carbonyl (C=O) groups is 3. The zero-order valence-electron chi connectivity index (χ0n) is 18.1. The monoisotopic (exact) mass is 487 g/mol. The van der Waals surface area contributed by atoms with Gasteiger partial charge in [0.05, 0.1) is 17.2 Å². The fourth-order valence-electron chi connectivity index (χ4n) is 2.90. The first-order chi connectivity index (χ1) is 15.9. The zero-order chi connectivity index (χ0) is 23.8. The van der Waals surface area contributed by atoms with Crippen molar-refractivity contribution >= 4 is 45.8 Å². The lowest BCUT2D eigenvalue weighted by molar-refractivity contribution is -0.118. The molecule has 7 nitrogen and oxygen atoms in total. The molecule has 1 aromatic heterocycles. The molecule has 0 fully saturated rings. The highest BCUT2D eigenvalue weighted by molar-refractivity contribution is 7.18. The molecule has 9 heteroatoms. The van der Waals surface area contributed by atoms with E-state index in [1.165, 1.54) is 0 Å². The average Bonchev–Trinajstić information content (AvgIpc) is 3.13. The number of thiophene rings is 1. The van der Waals surface area contributed by atoms with Gasteiger partial charge < -0.3 is 19.5 Å². The molecule has 0 radical (unpaired) electrons. The van der Waals surface area contributed by atoms with Crippen LogP contribution in [0.3, 0.4) is 0 Å². The first kappa shape index (κ1) is 24.3. The van der Waals surface area contributed by atoms with E-state index in [1.54, 1.807) is 38.1 Å². The molecule has 1 amide bonds. The van der Waals surface area contributed by atoms with E-state index in [-0.39, 0.29) is 35.3 Å². The quantitative estimate of drug-likeness (QED) is 0.414. The highest BCUT2D eigenvalue weighted by Gasteiger charge is 2.27. The number of amides is 1. The van der Waals surface area contributed by atoms with Crippen molar-refractivity contribution < 1.29 is 28.6 Å². The number of esters is 2. The smallest absolute Gasteiger partial charge is 0.349 e. The lowest BCUT2D eigenvalue weighted by atomic mass is 10.1. The van der Waals surface area contributed by atoms with Crippen LogP contribution in [0.15, 0.2) is 54.6 Å². The summed E-state index contributed by atoms with van der Waals surface area (Å²) in [6.45, 7) is 3.17. The van der Waals surface area contributed by atoms with Gasteiger partial charge in [-0.05, 0) is 37.1 Å². The zero-order valence-corrected chi connectivity index (χ0v) is 19.6. The summed E-state index contributed by atoms with van der Waals surface area (Å²) in [4.78, 5) is 37.9. The third-order valence-corrected chi connectivity index (χ3v) is 5.97. The fourth-order valence-corrected chi connectivity index (χ4v) is 4.20. The van der Waals surface area contributed by atoms with Crippen LogP contribution in [0.2, 0.25) is 5.02 Å². The van der Waals surface area contributed by atoms with Gasteiger partial charge >= 0.3 is 11.9 Å². The maximum atomic E-state index is 12.7. The number of nitrogens with one attached hydrogen (secondary N) is 1. The van der Waals surface area contributed by atoms with Crippen LogP contribution in [-0.4, -0.2) is 31.1 Å². The molecule has 0 aliphatic carbocycles. The maximum absolute atomic E-state index is 12.7. The SMILES string of the molecule is CCOC(=O)c1c(NC(=O)COc2ccccc2Cl)sc(C(=O)OCc2ccccc2)c1C. The largest absolute Gasteiger partial charge is 0.482 e. The number of anilines is 1. The van der Waals surface area contributed by atoms with Crippen LogP contribution in [0.1, 0.15) is 38.1 Å². The lowest BCUT2D eigenvalue weighted by Gasteiger charge is -2.09. The Morgan fingerprint density at radius 2 is 1.67 bits per heavy atom. The summed E-state index contributed by atoms with van der Waals surface area (Å²) in [5.41, 5.74) is 1.31. The van der Waals surface area contributed by atoms with Gasteiger partial charge in [0, 0.05) is 0 Å². The maximum Gasteiger partial charge on any atom is 0.349 e. The second kappa shape index (κ2) is 11.5. The van der Waals surface area contributed by atoms with Gasteiger partial charge in [0.25, 0.3) is 5.91 Å². The standard InChI is InChI=1S/C24H22ClNO6S/c1-3-30-23(28)20-15(2)21(24(29)32-13-16-9-5-4-6-10-16)33-22(20)26-19(27)14-31-18-12-8-7-11-17(18)25/h4-12H,3,13-14H2,1-2H3,(H,26,27). The molecule has 0 saturated carbocycles. The molecular weight excluding hydrogens is 466 g/mol. The first-order valence-corrected chi connectivity index (χ1v) is 11.3. The summed E-state index contributed by atoms with van der Waals surface area (Å²) >= 11 is 6.98. The van der Waals surface area contributed by atoms with E-state index in [0.29, 0.717) is 16.3 Å². The normalized spacial score (nSPS) is 10.4. The third kappa shape index (κ3) is 6.34. The highest BCUT2D eigenvalue weighted by atomic mass is 35.5. The van der Waals surface area contributed by atoms with Gasteiger partial charge in [0.2, 0.25) is 0 Å². The molecule has 1 N–H and O–H groups in total. The minimum atomic E-state index is -0.643. The summed E-state index contributed by atoms with van der Waals surface area (Å²) in [6.07, 6.45) is 0. The second-order valence-corrected chi connectivity index (χ2v) is 8.24. The molecule has 0 bridgehead atoms. The van der Waals surface area contributed by atoms with Crippen LogP contribution < -0.4 is 10.1 Å². The Kier molecular flexibility index (Phi) is 8.46. The summed E-state index contributed by atoms with van der Waals surface area (Å²) in [6, 6.07) is 16.0. The minimum Gasteiger partial charge on any atom is -0.482 e. The molecule has 0 atom stereocenters. The van der Waals surface area contributed by atoms with E-state index < -0.39 is 17.8 Å². The lowest BCUT2D eigenvalue weighted by Crippen LogP contribution is -2.21. The molecular formula is C24H22ClNO6S. The summed E-state index contributed by atoms with van der Waals surface area (Å²) < 4.78 is 16.0. The minimum absolute atomic E-state index is 0.0825. The van der Waals surface area contributed by atoms with Crippen LogP contribution in [0, 0.1) is 6.92 Å². The molecule has 2 aromatic carbocycles. The van der Waals surface area contributed by atoms with E-state index in [0.717, 1.165) is 16.9 Å². The molecule has 0 aliphatic rings. The van der Waals surface area contributed by atoms with E-state index >= 15 is 0 Å². The van der Waals surface area contributed by atoms with Crippen LogP contribution in [-0.2, 0) is 20.9 Å². The molecule has 172 valence electrons. The van der Waals surface area contributed by atoms with E-state index in [9.17, 15) is 14.4 Å². The van der Waals surface area contributed by atoms with E-state index in [2.05, 4.69) is 5.32 Å². The van der Waals surface area contributed by atoms with Gasteiger partial charge in [-0.2, -0.15) is 0 Å². The van der Waals surface area contributed by atoms with Crippen molar-refractivity contribution in [3.8, 4) is 5.75 Å². The highest BCUT2D eigenvalue weighted by Crippen LogP contribution is 2.34. The van der Waals surface area contributed by atoms with Gasteiger partial charge in [-0.1, -0.05) is 54.1 Å². The number of para-hydroxylation sites is 1. The first-order valence-electron chi connectivity index (χ1n) is 10.1. The van der Waals surface area contributed by atoms with Crippen LogP contribution in [0.25, 0.3) is 0 Å². The van der Waals surface area contributed by atoms with Gasteiger partial charge in [0.15, 0.2) is 6.61 Å². The Hall–Kier alpha value is -3.36. The van der Waals surface area contributed by atoms with Crippen molar-refractivity contribution in [2.45, 2.75) is 20.5 Å². The number of ether oxygens (including phenoxy) is 3. The Morgan fingerprint density at radius 1 is 0.970 bits per heavy atom. The Balaban J connectivity index is 1.76. The second-order valence-electron chi connectivity index (χ2n) is 6.81. The van der Waals surface area contributed by atoms with Crippen molar-refractivity contribution in [1.29, 1.82) is 0 Å².